The zero-order chi connectivity index (χ0) is 11.7. The van der Waals surface area contributed by atoms with Gasteiger partial charge in [-0.25, -0.2) is 0 Å². The average molecular weight is 223 g/mol. The van der Waals surface area contributed by atoms with Crippen molar-refractivity contribution in [2.24, 2.45) is 0 Å². The van der Waals surface area contributed by atoms with E-state index in [9.17, 15) is 5.11 Å². The fourth-order valence-corrected chi connectivity index (χ4v) is 2.63. The Kier molecular flexibility index (Phi) is 3.36. The van der Waals surface area contributed by atoms with Gasteiger partial charge in [0.25, 0.3) is 0 Å². The summed E-state index contributed by atoms with van der Waals surface area (Å²) in [6.07, 6.45) is 2.93. The van der Waals surface area contributed by atoms with E-state index < -0.39 is 0 Å². The number of rotatable bonds is 3. The molecule has 3 heteroatoms. The standard InChI is InChI=1S/C13H21NO2/c1-8-7-11(10(3)16-8)9(2)14-12-5-4-6-13(12)15/h7,9,12-15H,4-6H2,1-3H3. The van der Waals surface area contributed by atoms with Gasteiger partial charge in [0, 0.05) is 17.6 Å². The fraction of sp³-hybridized carbons (Fsp3) is 0.692. The van der Waals surface area contributed by atoms with E-state index in [0.29, 0.717) is 0 Å². The number of aliphatic hydroxyl groups is 1. The minimum absolute atomic E-state index is 0.184. The van der Waals surface area contributed by atoms with Gasteiger partial charge in [-0.2, -0.15) is 0 Å². The molecule has 0 aliphatic heterocycles. The summed E-state index contributed by atoms with van der Waals surface area (Å²) in [6.45, 7) is 6.08. The average Bonchev–Trinajstić information content (AvgIpc) is 2.74. The van der Waals surface area contributed by atoms with Gasteiger partial charge in [-0.05, 0) is 46.1 Å². The molecule has 0 spiro atoms. The van der Waals surface area contributed by atoms with E-state index in [4.69, 9.17) is 4.42 Å². The molecule has 1 aliphatic rings. The van der Waals surface area contributed by atoms with Gasteiger partial charge in [0.1, 0.15) is 11.5 Å². The maximum Gasteiger partial charge on any atom is 0.105 e. The largest absolute Gasteiger partial charge is 0.466 e. The highest BCUT2D eigenvalue weighted by atomic mass is 16.3. The molecule has 0 bridgehead atoms. The second-order valence-corrected chi connectivity index (χ2v) is 4.86. The van der Waals surface area contributed by atoms with E-state index in [-0.39, 0.29) is 18.2 Å². The lowest BCUT2D eigenvalue weighted by Crippen LogP contribution is -2.37. The quantitative estimate of drug-likeness (QED) is 0.827. The Morgan fingerprint density at radius 3 is 2.69 bits per heavy atom. The summed E-state index contributed by atoms with van der Waals surface area (Å²) in [5.41, 5.74) is 1.21. The zero-order valence-corrected chi connectivity index (χ0v) is 10.3. The van der Waals surface area contributed by atoms with Crippen LogP contribution < -0.4 is 5.32 Å². The predicted molar refractivity (Wildman–Crippen MR) is 63.4 cm³/mol. The van der Waals surface area contributed by atoms with E-state index in [1.54, 1.807) is 0 Å². The number of hydrogen-bond donors (Lipinski definition) is 2. The Hall–Kier alpha value is -0.800. The van der Waals surface area contributed by atoms with Crippen LogP contribution in [0.2, 0.25) is 0 Å². The molecule has 2 N–H and O–H groups in total. The number of aryl methyl sites for hydroxylation is 2. The summed E-state index contributed by atoms with van der Waals surface area (Å²) in [7, 11) is 0. The fourth-order valence-electron chi connectivity index (χ4n) is 2.63. The van der Waals surface area contributed by atoms with Crippen molar-refractivity contribution in [2.45, 2.75) is 58.2 Å². The molecule has 16 heavy (non-hydrogen) atoms. The third-order valence-corrected chi connectivity index (χ3v) is 3.49. The van der Waals surface area contributed by atoms with Crippen molar-refractivity contribution in [1.29, 1.82) is 0 Å². The first-order valence-corrected chi connectivity index (χ1v) is 6.09. The second-order valence-electron chi connectivity index (χ2n) is 4.86. The van der Waals surface area contributed by atoms with Crippen molar-refractivity contribution in [2.75, 3.05) is 0 Å². The van der Waals surface area contributed by atoms with Gasteiger partial charge in [-0.15, -0.1) is 0 Å². The third kappa shape index (κ3) is 2.30. The van der Waals surface area contributed by atoms with E-state index in [0.717, 1.165) is 30.8 Å². The van der Waals surface area contributed by atoms with Gasteiger partial charge in [0.15, 0.2) is 0 Å². The Morgan fingerprint density at radius 2 is 2.19 bits per heavy atom. The lowest BCUT2D eigenvalue weighted by Gasteiger charge is -2.21. The Labute approximate surface area is 96.8 Å². The van der Waals surface area contributed by atoms with Crippen LogP contribution in [0, 0.1) is 13.8 Å². The molecule has 0 amide bonds. The first-order valence-electron chi connectivity index (χ1n) is 6.09. The molecular weight excluding hydrogens is 202 g/mol. The van der Waals surface area contributed by atoms with Gasteiger partial charge >= 0.3 is 0 Å². The van der Waals surface area contributed by atoms with Crippen LogP contribution in [0.5, 0.6) is 0 Å². The molecule has 1 aliphatic carbocycles. The van der Waals surface area contributed by atoms with Crippen molar-refractivity contribution >= 4 is 0 Å². The highest BCUT2D eigenvalue weighted by molar-refractivity contribution is 5.23. The molecule has 3 unspecified atom stereocenters. The van der Waals surface area contributed by atoms with Crippen LogP contribution in [0.1, 0.15) is 49.3 Å². The Balaban J connectivity index is 2.02. The number of nitrogens with one attached hydrogen (secondary N) is 1. The van der Waals surface area contributed by atoms with Crippen LogP contribution in [0.4, 0.5) is 0 Å². The Morgan fingerprint density at radius 1 is 1.44 bits per heavy atom. The van der Waals surface area contributed by atoms with Crippen LogP contribution in [0.25, 0.3) is 0 Å². The first kappa shape index (κ1) is 11.7. The van der Waals surface area contributed by atoms with Crippen molar-refractivity contribution in [3.63, 3.8) is 0 Å². The Bertz CT molecular complexity index is 359. The molecule has 90 valence electrons. The highest BCUT2D eigenvalue weighted by Crippen LogP contribution is 2.25. The molecule has 0 aromatic carbocycles. The maximum atomic E-state index is 9.77. The summed E-state index contributed by atoms with van der Waals surface area (Å²) < 4.78 is 5.52. The minimum Gasteiger partial charge on any atom is -0.466 e. The number of furan rings is 1. The summed E-state index contributed by atoms with van der Waals surface area (Å²) >= 11 is 0. The van der Waals surface area contributed by atoms with E-state index >= 15 is 0 Å². The summed E-state index contributed by atoms with van der Waals surface area (Å²) in [6, 6.07) is 2.56. The van der Waals surface area contributed by atoms with Crippen molar-refractivity contribution < 1.29 is 9.52 Å². The molecule has 1 aromatic rings. The van der Waals surface area contributed by atoms with Gasteiger partial charge in [0.05, 0.1) is 6.10 Å². The van der Waals surface area contributed by atoms with Crippen LogP contribution in [0.3, 0.4) is 0 Å². The third-order valence-electron chi connectivity index (χ3n) is 3.49. The van der Waals surface area contributed by atoms with Crippen LogP contribution in [0.15, 0.2) is 10.5 Å². The monoisotopic (exact) mass is 223 g/mol. The van der Waals surface area contributed by atoms with Gasteiger partial charge in [0.2, 0.25) is 0 Å². The topological polar surface area (TPSA) is 45.4 Å². The molecule has 0 radical (unpaired) electrons. The van der Waals surface area contributed by atoms with Gasteiger partial charge < -0.3 is 14.8 Å². The second kappa shape index (κ2) is 4.60. The van der Waals surface area contributed by atoms with E-state index in [1.165, 1.54) is 5.56 Å². The molecule has 2 rings (SSSR count). The van der Waals surface area contributed by atoms with Crippen molar-refractivity contribution in [3.05, 3.63) is 23.2 Å². The molecule has 3 nitrogen and oxygen atoms in total. The number of hydrogen-bond acceptors (Lipinski definition) is 3. The normalized spacial score (nSPS) is 27.2. The molecule has 1 saturated carbocycles. The van der Waals surface area contributed by atoms with Crippen molar-refractivity contribution in [1.82, 2.24) is 5.32 Å². The molecule has 1 aromatic heterocycles. The maximum absolute atomic E-state index is 9.77. The summed E-state index contributed by atoms with van der Waals surface area (Å²) in [5.74, 6) is 1.93. The lowest BCUT2D eigenvalue weighted by molar-refractivity contribution is 0.144. The SMILES string of the molecule is Cc1cc(C(C)NC2CCCC2O)c(C)o1. The van der Waals surface area contributed by atoms with E-state index in [1.807, 2.05) is 13.8 Å². The lowest BCUT2D eigenvalue weighted by atomic mass is 10.1. The summed E-state index contributed by atoms with van der Waals surface area (Å²) in [5, 5.41) is 13.3. The molecule has 3 atom stereocenters. The smallest absolute Gasteiger partial charge is 0.105 e. The van der Waals surface area contributed by atoms with Crippen LogP contribution in [-0.4, -0.2) is 17.3 Å². The van der Waals surface area contributed by atoms with Crippen LogP contribution >= 0.6 is 0 Å². The minimum atomic E-state index is -0.184. The number of aliphatic hydroxyl groups excluding tert-OH is 1. The highest BCUT2D eigenvalue weighted by Gasteiger charge is 2.27. The van der Waals surface area contributed by atoms with Gasteiger partial charge in [-0.3, -0.25) is 0 Å². The predicted octanol–water partition coefficient (Wildman–Crippen LogP) is 2.46. The van der Waals surface area contributed by atoms with Crippen molar-refractivity contribution in [3.8, 4) is 0 Å². The first-order chi connectivity index (χ1) is 7.58. The zero-order valence-electron chi connectivity index (χ0n) is 10.3. The van der Waals surface area contributed by atoms with Gasteiger partial charge in [-0.1, -0.05) is 0 Å². The van der Waals surface area contributed by atoms with Crippen LogP contribution in [-0.2, 0) is 0 Å². The molecule has 1 heterocycles. The summed E-state index contributed by atoms with van der Waals surface area (Å²) in [4.78, 5) is 0. The molecular formula is C13H21NO2. The molecule has 1 fully saturated rings. The van der Waals surface area contributed by atoms with E-state index in [2.05, 4.69) is 18.3 Å². The molecule has 0 saturated heterocycles.